The highest BCUT2D eigenvalue weighted by atomic mass is 19.4. The molecule has 3 N–H and O–H groups in total. The Balaban J connectivity index is 1.34. The van der Waals surface area contributed by atoms with Gasteiger partial charge in [0, 0.05) is 36.8 Å². The molecule has 9 nitrogen and oxygen atoms in total. The molecule has 1 saturated heterocycles. The maximum Gasteiger partial charge on any atom is 0.492 e. The van der Waals surface area contributed by atoms with E-state index in [1.807, 2.05) is 6.07 Å². The van der Waals surface area contributed by atoms with Crippen molar-refractivity contribution in [3.8, 4) is 5.69 Å². The van der Waals surface area contributed by atoms with Crippen molar-refractivity contribution in [2.24, 2.45) is 11.7 Å². The van der Waals surface area contributed by atoms with Crippen molar-refractivity contribution in [1.29, 1.82) is 0 Å². The Kier molecular flexibility index (Phi) is 6.24. The van der Waals surface area contributed by atoms with Crippen LogP contribution in [0.15, 0.2) is 48.7 Å². The van der Waals surface area contributed by atoms with Gasteiger partial charge in [0.05, 0.1) is 11.3 Å². The highest BCUT2D eigenvalue weighted by molar-refractivity contribution is 6.04. The molecule has 1 fully saturated rings. The standard InChI is InChI=1S/C22H20F3N5O4/c23-22(24,25)21(33)34-29-9-8-13(11-29)10-18(31)27-15-4-6-16(7-5-15)30-12-14-2-1-3-17(20(26)32)19(14)28-30/h1-7,12-13H,8-11H2,(H2,26,32)(H,27,31)/t13-/m0/s1. The third kappa shape index (κ3) is 5.17. The summed E-state index contributed by atoms with van der Waals surface area (Å²) in [5, 5.41) is 8.85. The first kappa shape index (κ1) is 23.2. The van der Waals surface area contributed by atoms with Crippen molar-refractivity contribution < 1.29 is 32.4 Å². The largest absolute Gasteiger partial charge is 0.492 e. The van der Waals surface area contributed by atoms with Gasteiger partial charge in [-0.2, -0.15) is 18.3 Å². The predicted molar refractivity (Wildman–Crippen MR) is 115 cm³/mol. The molecule has 34 heavy (non-hydrogen) atoms. The minimum absolute atomic E-state index is 0.0499. The van der Waals surface area contributed by atoms with Crippen LogP contribution in [0.3, 0.4) is 0 Å². The third-order valence-corrected chi connectivity index (χ3v) is 5.38. The van der Waals surface area contributed by atoms with E-state index in [1.165, 1.54) is 0 Å². The molecule has 0 aliphatic carbocycles. The van der Waals surface area contributed by atoms with Crippen molar-refractivity contribution in [3.63, 3.8) is 0 Å². The number of fused-ring (bicyclic) bond motifs is 1. The molecule has 12 heteroatoms. The number of benzene rings is 2. The van der Waals surface area contributed by atoms with Crippen LogP contribution in [-0.2, 0) is 14.4 Å². The van der Waals surface area contributed by atoms with Crippen LogP contribution in [0, 0.1) is 5.92 Å². The van der Waals surface area contributed by atoms with Gasteiger partial charge in [0.2, 0.25) is 5.91 Å². The number of carbonyl (C=O) groups is 3. The summed E-state index contributed by atoms with van der Waals surface area (Å²) >= 11 is 0. The number of primary amides is 1. The average molecular weight is 475 g/mol. The molecule has 2 aromatic carbocycles. The summed E-state index contributed by atoms with van der Waals surface area (Å²) in [6.45, 7) is 0.179. The number of alkyl halides is 3. The Labute approximate surface area is 191 Å². The molecule has 1 aliphatic heterocycles. The fourth-order valence-corrected chi connectivity index (χ4v) is 3.76. The molecule has 4 rings (SSSR count). The molecular weight excluding hydrogens is 455 g/mol. The molecule has 0 unspecified atom stereocenters. The van der Waals surface area contributed by atoms with Crippen molar-refractivity contribution in [3.05, 3.63) is 54.2 Å². The first-order valence-corrected chi connectivity index (χ1v) is 10.3. The third-order valence-electron chi connectivity index (χ3n) is 5.38. The number of hydrogen-bond acceptors (Lipinski definition) is 6. The summed E-state index contributed by atoms with van der Waals surface area (Å²) in [5.41, 5.74) is 7.43. The maximum absolute atomic E-state index is 12.4. The smallest absolute Gasteiger partial charge is 0.366 e. The number of halogens is 3. The number of rotatable bonds is 6. The normalized spacial score (nSPS) is 16.5. The van der Waals surface area contributed by atoms with Gasteiger partial charge in [0.15, 0.2) is 0 Å². The molecule has 1 atom stereocenters. The zero-order valence-electron chi connectivity index (χ0n) is 17.7. The van der Waals surface area contributed by atoms with Crippen LogP contribution in [0.25, 0.3) is 16.6 Å². The Morgan fingerprint density at radius 3 is 2.56 bits per heavy atom. The second kappa shape index (κ2) is 9.14. The number of hydrogen-bond donors (Lipinski definition) is 2. The van der Waals surface area contributed by atoms with Gasteiger partial charge in [-0.3, -0.25) is 9.59 Å². The fraction of sp³-hybridized carbons (Fsp3) is 0.273. The fourth-order valence-electron chi connectivity index (χ4n) is 3.76. The van der Waals surface area contributed by atoms with Crippen LogP contribution in [0.4, 0.5) is 18.9 Å². The van der Waals surface area contributed by atoms with Crippen LogP contribution < -0.4 is 11.1 Å². The van der Waals surface area contributed by atoms with Crippen molar-refractivity contribution in [1.82, 2.24) is 14.8 Å². The van der Waals surface area contributed by atoms with Gasteiger partial charge in [-0.25, -0.2) is 9.48 Å². The quantitative estimate of drug-likeness (QED) is 0.566. The van der Waals surface area contributed by atoms with Crippen LogP contribution in [0.5, 0.6) is 0 Å². The molecule has 1 aromatic heterocycles. The summed E-state index contributed by atoms with van der Waals surface area (Å²) in [7, 11) is 0. The molecule has 3 aromatic rings. The highest BCUT2D eigenvalue weighted by Crippen LogP contribution is 2.24. The van der Waals surface area contributed by atoms with Gasteiger partial charge in [-0.15, -0.1) is 5.06 Å². The van der Waals surface area contributed by atoms with E-state index in [2.05, 4.69) is 15.3 Å². The van der Waals surface area contributed by atoms with E-state index >= 15 is 0 Å². The van der Waals surface area contributed by atoms with Gasteiger partial charge in [0.25, 0.3) is 5.91 Å². The summed E-state index contributed by atoms with van der Waals surface area (Å²) in [6.07, 6.45) is -2.80. The number of hydroxylamine groups is 2. The molecule has 0 radical (unpaired) electrons. The molecule has 2 heterocycles. The lowest BCUT2D eigenvalue weighted by molar-refractivity contribution is -0.235. The number of nitrogens with zero attached hydrogens (tertiary/aromatic N) is 3. The van der Waals surface area contributed by atoms with Crippen LogP contribution in [0.2, 0.25) is 0 Å². The highest BCUT2D eigenvalue weighted by Gasteiger charge is 2.43. The number of nitrogens with two attached hydrogens (primary N) is 1. The Bertz CT molecular complexity index is 1240. The minimum Gasteiger partial charge on any atom is -0.366 e. The monoisotopic (exact) mass is 475 g/mol. The van der Waals surface area contributed by atoms with E-state index in [0.717, 1.165) is 10.4 Å². The van der Waals surface area contributed by atoms with Crippen LogP contribution in [-0.4, -0.2) is 51.9 Å². The van der Waals surface area contributed by atoms with Gasteiger partial charge in [-0.1, -0.05) is 12.1 Å². The second-order valence-electron chi connectivity index (χ2n) is 7.90. The number of anilines is 1. The summed E-state index contributed by atoms with van der Waals surface area (Å²) in [5.74, 6) is -3.39. The Hall–Kier alpha value is -3.93. The summed E-state index contributed by atoms with van der Waals surface area (Å²) in [6, 6.07) is 12.0. The molecular formula is C22H20F3N5O4. The first-order chi connectivity index (χ1) is 16.1. The van der Waals surface area contributed by atoms with Crippen LogP contribution >= 0.6 is 0 Å². The zero-order valence-corrected chi connectivity index (χ0v) is 17.7. The van der Waals surface area contributed by atoms with Crippen molar-refractivity contribution >= 4 is 34.4 Å². The van der Waals surface area contributed by atoms with E-state index in [-0.39, 0.29) is 31.3 Å². The van der Waals surface area contributed by atoms with E-state index in [0.29, 0.717) is 28.9 Å². The number of carbonyl (C=O) groups excluding carboxylic acids is 3. The van der Waals surface area contributed by atoms with Gasteiger partial charge in [0.1, 0.15) is 5.52 Å². The SMILES string of the molecule is NC(=O)c1cccc2cn(-c3ccc(NC(=O)C[C@@H]4CCN(OC(=O)C(F)(F)F)C4)cc3)nc12. The second-order valence-corrected chi connectivity index (χ2v) is 7.90. The average Bonchev–Trinajstić information content (AvgIpc) is 3.39. The lowest BCUT2D eigenvalue weighted by Gasteiger charge is -2.16. The van der Waals surface area contributed by atoms with Crippen molar-refractivity contribution in [2.45, 2.75) is 19.0 Å². The van der Waals surface area contributed by atoms with Crippen LogP contribution in [0.1, 0.15) is 23.2 Å². The lowest BCUT2D eigenvalue weighted by Crippen LogP contribution is -2.33. The van der Waals surface area contributed by atoms with Gasteiger partial charge in [-0.05, 0) is 42.7 Å². The van der Waals surface area contributed by atoms with Gasteiger partial charge >= 0.3 is 12.1 Å². The Morgan fingerprint density at radius 2 is 1.88 bits per heavy atom. The predicted octanol–water partition coefficient (Wildman–Crippen LogP) is 2.80. The first-order valence-electron chi connectivity index (χ1n) is 10.3. The van der Waals surface area contributed by atoms with E-state index < -0.39 is 18.1 Å². The molecule has 0 saturated carbocycles. The summed E-state index contributed by atoms with van der Waals surface area (Å²) < 4.78 is 38.5. The lowest BCUT2D eigenvalue weighted by atomic mass is 10.0. The maximum atomic E-state index is 12.4. The molecule has 0 bridgehead atoms. The molecule has 1 aliphatic rings. The van der Waals surface area contributed by atoms with Gasteiger partial charge < -0.3 is 15.9 Å². The minimum atomic E-state index is -5.06. The molecule has 2 amide bonds. The molecule has 178 valence electrons. The van der Waals surface area contributed by atoms with E-state index in [4.69, 9.17) is 5.73 Å². The van der Waals surface area contributed by atoms with E-state index in [1.54, 1.807) is 47.3 Å². The zero-order chi connectivity index (χ0) is 24.5. The number of aromatic nitrogens is 2. The van der Waals surface area contributed by atoms with Crippen molar-refractivity contribution in [2.75, 3.05) is 18.4 Å². The Morgan fingerprint density at radius 1 is 1.15 bits per heavy atom. The topological polar surface area (TPSA) is 120 Å². The number of nitrogens with one attached hydrogen (secondary N) is 1. The number of amides is 2. The summed E-state index contributed by atoms with van der Waals surface area (Å²) in [4.78, 5) is 39.2. The van der Waals surface area contributed by atoms with E-state index in [9.17, 15) is 27.6 Å². The molecule has 0 spiro atoms.